The van der Waals surface area contributed by atoms with Crippen LogP contribution in [0.1, 0.15) is 25.0 Å². The second-order valence-corrected chi connectivity index (χ2v) is 10.7. The molecule has 35 heavy (non-hydrogen) atoms. The van der Waals surface area contributed by atoms with E-state index >= 15 is 0 Å². The van der Waals surface area contributed by atoms with Crippen LogP contribution in [0, 0.1) is 11.7 Å². The van der Waals surface area contributed by atoms with Gasteiger partial charge in [0.15, 0.2) is 5.17 Å². The molecule has 0 atom stereocenters. The summed E-state index contributed by atoms with van der Waals surface area (Å²) in [5.41, 5.74) is 1.89. The minimum Gasteiger partial charge on any atom is -0.488 e. The summed E-state index contributed by atoms with van der Waals surface area (Å²) in [5.74, 6) is 0.380. The van der Waals surface area contributed by atoms with Crippen LogP contribution in [0.4, 0.5) is 10.1 Å². The van der Waals surface area contributed by atoms with Gasteiger partial charge >= 0.3 is 0 Å². The number of thioether (sulfide) groups is 1. The number of halogens is 3. The monoisotopic (exact) mass is 572 g/mol. The average Bonchev–Trinajstić information content (AvgIpc) is 3.09. The van der Waals surface area contributed by atoms with Crippen LogP contribution in [-0.2, 0) is 11.4 Å². The Morgan fingerprint density at radius 1 is 1.14 bits per heavy atom. The van der Waals surface area contributed by atoms with Gasteiger partial charge in [-0.1, -0.05) is 59.6 Å². The molecule has 1 amide bonds. The number of hydrogen-bond donors (Lipinski definition) is 0. The lowest BCUT2D eigenvalue weighted by Crippen LogP contribution is -2.32. The number of ether oxygens (including phenoxy) is 1. The van der Waals surface area contributed by atoms with E-state index in [-0.39, 0.29) is 24.2 Å². The van der Waals surface area contributed by atoms with E-state index in [0.29, 0.717) is 38.5 Å². The van der Waals surface area contributed by atoms with Crippen LogP contribution in [0.2, 0.25) is 5.02 Å². The molecular formula is C27H23BrClFN2O2S. The molecule has 0 radical (unpaired) electrons. The Morgan fingerprint density at radius 2 is 1.89 bits per heavy atom. The van der Waals surface area contributed by atoms with Crippen LogP contribution in [0.25, 0.3) is 6.08 Å². The summed E-state index contributed by atoms with van der Waals surface area (Å²) < 4.78 is 20.8. The number of nitrogens with zero attached hydrogens (tertiary/aromatic N) is 2. The third-order valence-electron chi connectivity index (χ3n) is 5.09. The van der Waals surface area contributed by atoms with E-state index in [1.807, 2.05) is 24.3 Å². The van der Waals surface area contributed by atoms with Crippen molar-refractivity contribution in [2.45, 2.75) is 20.5 Å². The summed E-state index contributed by atoms with van der Waals surface area (Å²) in [6.45, 7) is 4.74. The van der Waals surface area contributed by atoms with E-state index in [9.17, 15) is 9.18 Å². The van der Waals surface area contributed by atoms with Gasteiger partial charge in [-0.3, -0.25) is 9.69 Å². The molecule has 4 nitrogen and oxygen atoms in total. The van der Waals surface area contributed by atoms with Crippen LogP contribution in [0.3, 0.4) is 0 Å². The fraction of sp³-hybridized carbons (Fsp3) is 0.185. The van der Waals surface area contributed by atoms with Gasteiger partial charge < -0.3 is 4.74 Å². The summed E-state index contributed by atoms with van der Waals surface area (Å²) in [6.07, 6.45) is 1.80. The first kappa shape index (κ1) is 25.5. The molecule has 1 aliphatic rings. The second-order valence-electron chi connectivity index (χ2n) is 8.35. The van der Waals surface area contributed by atoms with Gasteiger partial charge in [0.2, 0.25) is 0 Å². The maximum Gasteiger partial charge on any atom is 0.266 e. The normalized spacial score (nSPS) is 16.1. The largest absolute Gasteiger partial charge is 0.488 e. The Morgan fingerprint density at radius 3 is 2.60 bits per heavy atom. The van der Waals surface area contributed by atoms with Crippen LogP contribution in [0.5, 0.6) is 5.75 Å². The van der Waals surface area contributed by atoms with Gasteiger partial charge in [-0.2, -0.15) is 0 Å². The van der Waals surface area contributed by atoms with E-state index < -0.39 is 0 Å². The first-order chi connectivity index (χ1) is 16.8. The fourth-order valence-electron chi connectivity index (χ4n) is 3.42. The molecule has 0 aromatic heterocycles. The smallest absolute Gasteiger partial charge is 0.266 e. The third kappa shape index (κ3) is 6.54. The number of benzene rings is 3. The molecule has 1 heterocycles. The van der Waals surface area contributed by atoms with Crippen molar-refractivity contribution in [3.05, 3.63) is 98.1 Å². The molecule has 1 aliphatic heterocycles. The van der Waals surface area contributed by atoms with Gasteiger partial charge in [0.1, 0.15) is 18.2 Å². The summed E-state index contributed by atoms with van der Waals surface area (Å²) in [6, 6.07) is 19.2. The number of hydrogen-bond acceptors (Lipinski definition) is 4. The van der Waals surface area contributed by atoms with Crippen molar-refractivity contribution >= 4 is 62.1 Å². The highest BCUT2D eigenvalue weighted by atomic mass is 79.9. The number of rotatable bonds is 7. The molecule has 180 valence electrons. The predicted molar refractivity (Wildman–Crippen MR) is 146 cm³/mol. The van der Waals surface area contributed by atoms with Gasteiger partial charge in [-0.25, -0.2) is 9.38 Å². The van der Waals surface area contributed by atoms with Gasteiger partial charge in [-0.15, -0.1) is 0 Å². The topological polar surface area (TPSA) is 41.9 Å². The summed E-state index contributed by atoms with van der Waals surface area (Å²) in [5, 5.41) is 1.24. The molecule has 0 spiro atoms. The summed E-state index contributed by atoms with van der Waals surface area (Å²) >= 11 is 10.8. The van der Waals surface area contributed by atoms with Crippen LogP contribution in [-0.4, -0.2) is 22.5 Å². The van der Waals surface area contributed by atoms with Gasteiger partial charge in [0, 0.05) is 27.2 Å². The lowest BCUT2D eigenvalue weighted by atomic mass is 10.1. The Balaban J connectivity index is 1.65. The highest BCUT2D eigenvalue weighted by Gasteiger charge is 2.34. The third-order valence-corrected chi connectivity index (χ3v) is 6.84. The number of amides is 1. The number of carbonyl (C=O) groups excluding carboxylic acids is 1. The van der Waals surface area contributed by atoms with Gasteiger partial charge in [0.25, 0.3) is 5.91 Å². The zero-order valence-electron chi connectivity index (χ0n) is 19.2. The van der Waals surface area contributed by atoms with E-state index in [1.54, 1.807) is 47.4 Å². The van der Waals surface area contributed by atoms with E-state index in [4.69, 9.17) is 21.3 Å². The zero-order valence-corrected chi connectivity index (χ0v) is 22.3. The van der Waals surface area contributed by atoms with Gasteiger partial charge in [0.05, 0.1) is 10.6 Å². The Kier molecular flexibility index (Phi) is 8.31. The highest BCUT2D eigenvalue weighted by molar-refractivity contribution is 9.10. The van der Waals surface area contributed by atoms with E-state index in [1.165, 1.54) is 17.8 Å². The lowest BCUT2D eigenvalue weighted by molar-refractivity contribution is -0.122. The average molecular weight is 574 g/mol. The summed E-state index contributed by atoms with van der Waals surface area (Å²) in [4.78, 5) is 20.3. The molecule has 4 rings (SSSR count). The van der Waals surface area contributed by atoms with Crippen molar-refractivity contribution in [3.63, 3.8) is 0 Å². The van der Waals surface area contributed by atoms with Crippen molar-refractivity contribution in [2.75, 3.05) is 6.54 Å². The van der Waals surface area contributed by atoms with Crippen molar-refractivity contribution in [1.29, 1.82) is 0 Å². The number of aliphatic imine (C=N–C) groups is 1. The van der Waals surface area contributed by atoms with Crippen LogP contribution in [0.15, 0.2) is 81.1 Å². The van der Waals surface area contributed by atoms with Crippen molar-refractivity contribution < 1.29 is 13.9 Å². The molecular weight excluding hydrogens is 551 g/mol. The van der Waals surface area contributed by atoms with E-state index in [0.717, 1.165) is 10.2 Å². The fourth-order valence-corrected chi connectivity index (χ4v) is 4.92. The highest BCUT2D eigenvalue weighted by Crippen LogP contribution is 2.37. The molecule has 0 unspecified atom stereocenters. The maximum atomic E-state index is 14.1. The van der Waals surface area contributed by atoms with Crippen LogP contribution >= 0.6 is 39.3 Å². The second kappa shape index (κ2) is 11.4. The standard InChI is InChI=1S/C27H23BrClFN2O2S/c1-17(2)15-32-26(33)25(35-27(32)31-22-10-8-21(29)9-11-22)14-19-13-20(28)7-12-24(19)34-16-18-5-3-4-6-23(18)30/h3-14,17H,15-16H2,1-2H3/b25-14-,31-27?. The number of amidine groups is 1. The Labute approximate surface area is 222 Å². The zero-order chi connectivity index (χ0) is 24.9. The molecule has 3 aromatic rings. The molecule has 0 aliphatic carbocycles. The van der Waals surface area contributed by atoms with Crippen molar-refractivity contribution in [3.8, 4) is 5.75 Å². The minimum absolute atomic E-state index is 0.0777. The van der Waals surface area contributed by atoms with Crippen molar-refractivity contribution in [1.82, 2.24) is 4.90 Å². The molecule has 1 saturated heterocycles. The molecule has 0 N–H and O–H groups in total. The predicted octanol–water partition coefficient (Wildman–Crippen LogP) is 8.08. The van der Waals surface area contributed by atoms with E-state index in [2.05, 4.69) is 29.8 Å². The molecule has 0 bridgehead atoms. The quantitative estimate of drug-likeness (QED) is 0.268. The molecule has 1 fully saturated rings. The lowest BCUT2D eigenvalue weighted by Gasteiger charge is -2.17. The maximum absolute atomic E-state index is 14.1. The van der Waals surface area contributed by atoms with Crippen LogP contribution < -0.4 is 4.74 Å². The molecule has 8 heteroatoms. The molecule has 0 saturated carbocycles. The summed E-state index contributed by atoms with van der Waals surface area (Å²) in [7, 11) is 0. The SMILES string of the molecule is CC(C)CN1C(=O)/C(=C/c2cc(Br)ccc2OCc2ccccc2F)SC1=Nc1ccc(Cl)cc1. The first-order valence-corrected chi connectivity index (χ1v) is 13.0. The first-order valence-electron chi connectivity index (χ1n) is 11.0. The minimum atomic E-state index is -0.321. The Bertz CT molecular complexity index is 1290. The Hall–Kier alpha value is -2.61. The van der Waals surface area contributed by atoms with Gasteiger partial charge in [-0.05, 0) is 72.3 Å². The number of carbonyl (C=O) groups is 1. The van der Waals surface area contributed by atoms with Crippen molar-refractivity contribution in [2.24, 2.45) is 10.9 Å². The molecule has 3 aromatic carbocycles.